The van der Waals surface area contributed by atoms with Gasteiger partial charge in [0.05, 0.1) is 5.69 Å². The summed E-state index contributed by atoms with van der Waals surface area (Å²) in [7, 11) is 0. The Morgan fingerprint density at radius 3 is 2.78 bits per heavy atom. The molecule has 3 atom stereocenters. The van der Waals surface area contributed by atoms with Crippen LogP contribution in [0.3, 0.4) is 0 Å². The first-order chi connectivity index (χ1) is 8.62. The molecule has 2 rings (SSSR count). The van der Waals surface area contributed by atoms with E-state index in [0.29, 0.717) is 5.92 Å². The van der Waals surface area contributed by atoms with Crippen molar-refractivity contribution in [3.8, 4) is 0 Å². The zero-order chi connectivity index (χ0) is 13.2. The molecule has 1 aliphatic rings. The van der Waals surface area contributed by atoms with E-state index in [1.54, 1.807) is 6.07 Å². The van der Waals surface area contributed by atoms with E-state index in [4.69, 9.17) is 11.6 Å². The summed E-state index contributed by atoms with van der Waals surface area (Å²) in [6, 6.07) is 3.41. The Balaban J connectivity index is 2.38. The molecule has 4 heteroatoms. The van der Waals surface area contributed by atoms with Crippen LogP contribution in [0.25, 0.3) is 0 Å². The van der Waals surface area contributed by atoms with Crippen molar-refractivity contribution in [3.05, 3.63) is 28.2 Å². The van der Waals surface area contributed by atoms with E-state index in [1.807, 2.05) is 6.07 Å². The molecule has 0 aliphatic heterocycles. The molecular weight excluding hydrogens is 248 g/mol. The van der Waals surface area contributed by atoms with Crippen LogP contribution in [-0.2, 0) is 5.41 Å². The van der Waals surface area contributed by atoms with Gasteiger partial charge in [-0.1, -0.05) is 26.7 Å². The quantitative estimate of drug-likeness (QED) is 0.852. The Morgan fingerprint density at radius 2 is 2.28 bits per heavy atom. The molecule has 100 valence electrons. The van der Waals surface area contributed by atoms with Crippen molar-refractivity contribution in [1.29, 1.82) is 0 Å². The first-order valence-electron chi connectivity index (χ1n) is 6.82. The molecule has 1 fully saturated rings. The maximum absolute atomic E-state index is 11.1. The van der Waals surface area contributed by atoms with E-state index in [2.05, 4.69) is 24.0 Å². The van der Waals surface area contributed by atoms with Crippen molar-refractivity contribution in [3.63, 3.8) is 0 Å². The standard InChI is InChI=1S/C14H21ClN2O/c1-3-7-14(9-10(4-2)8-11(14)15)12-5-6-13(18)17-16-12/h5-6,10-11H,3-4,7-9H2,1-2H3,(H,17,18). The van der Waals surface area contributed by atoms with Crippen LogP contribution in [0, 0.1) is 5.92 Å². The van der Waals surface area contributed by atoms with Crippen LogP contribution in [0.4, 0.5) is 0 Å². The third-order valence-electron chi connectivity index (χ3n) is 4.26. The molecule has 1 aromatic heterocycles. The van der Waals surface area contributed by atoms with Gasteiger partial charge in [0, 0.05) is 16.9 Å². The Morgan fingerprint density at radius 1 is 1.50 bits per heavy atom. The fourth-order valence-corrected chi connectivity index (χ4v) is 3.84. The molecule has 0 aromatic carbocycles. The van der Waals surface area contributed by atoms with Gasteiger partial charge in [-0.2, -0.15) is 5.10 Å². The number of nitrogens with zero attached hydrogens (tertiary/aromatic N) is 1. The predicted octanol–water partition coefficient (Wildman–Crippen LogP) is 3.24. The summed E-state index contributed by atoms with van der Waals surface area (Å²) in [6.45, 7) is 4.40. The maximum Gasteiger partial charge on any atom is 0.264 e. The lowest BCUT2D eigenvalue weighted by Crippen LogP contribution is -2.33. The average Bonchev–Trinajstić information content (AvgIpc) is 2.69. The molecule has 0 radical (unpaired) electrons. The highest BCUT2D eigenvalue weighted by atomic mass is 35.5. The van der Waals surface area contributed by atoms with Crippen LogP contribution >= 0.6 is 11.6 Å². The van der Waals surface area contributed by atoms with Gasteiger partial charge >= 0.3 is 0 Å². The molecule has 0 saturated heterocycles. The van der Waals surface area contributed by atoms with Gasteiger partial charge in [-0.25, -0.2) is 5.10 Å². The number of H-pyrrole nitrogens is 1. The molecule has 18 heavy (non-hydrogen) atoms. The number of hydrogen-bond acceptors (Lipinski definition) is 2. The Bertz CT molecular complexity index is 439. The van der Waals surface area contributed by atoms with Crippen LogP contribution in [0.15, 0.2) is 16.9 Å². The summed E-state index contributed by atoms with van der Waals surface area (Å²) >= 11 is 6.63. The molecule has 3 nitrogen and oxygen atoms in total. The summed E-state index contributed by atoms with van der Waals surface area (Å²) in [6.07, 6.45) is 5.43. The van der Waals surface area contributed by atoms with Crippen molar-refractivity contribution >= 4 is 11.6 Å². The summed E-state index contributed by atoms with van der Waals surface area (Å²) in [5.74, 6) is 0.674. The Hall–Kier alpha value is -0.830. The van der Waals surface area contributed by atoms with E-state index in [9.17, 15) is 4.79 Å². The lowest BCUT2D eigenvalue weighted by Gasteiger charge is -2.31. The molecule has 1 aliphatic carbocycles. The van der Waals surface area contributed by atoms with E-state index in [0.717, 1.165) is 37.8 Å². The summed E-state index contributed by atoms with van der Waals surface area (Å²) < 4.78 is 0. The predicted molar refractivity (Wildman–Crippen MR) is 74.1 cm³/mol. The van der Waals surface area contributed by atoms with Crippen molar-refractivity contribution < 1.29 is 0 Å². The van der Waals surface area contributed by atoms with Gasteiger partial charge in [0.1, 0.15) is 0 Å². The summed E-state index contributed by atoms with van der Waals surface area (Å²) in [4.78, 5) is 11.1. The van der Waals surface area contributed by atoms with Crippen molar-refractivity contribution in [2.24, 2.45) is 5.92 Å². The minimum Gasteiger partial charge on any atom is -0.268 e. The summed E-state index contributed by atoms with van der Waals surface area (Å²) in [5.41, 5.74) is 0.753. The molecule has 0 spiro atoms. The SMILES string of the molecule is CCCC1(c2ccc(=O)[nH]n2)CC(CC)CC1Cl. The number of aromatic amines is 1. The van der Waals surface area contributed by atoms with Gasteiger partial charge < -0.3 is 0 Å². The zero-order valence-electron chi connectivity index (χ0n) is 11.1. The third kappa shape index (κ3) is 2.33. The highest BCUT2D eigenvalue weighted by Crippen LogP contribution is 2.50. The third-order valence-corrected chi connectivity index (χ3v) is 4.85. The number of halogens is 1. The molecular formula is C14H21ClN2O. The van der Waals surface area contributed by atoms with Gasteiger partial charge in [0.2, 0.25) is 0 Å². The Kier molecular flexibility index (Phi) is 4.10. The van der Waals surface area contributed by atoms with Crippen LogP contribution in [0.2, 0.25) is 0 Å². The van der Waals surface area contributed by atoms with E-state index < -0.39 is 0 Å². The van der Waals surface area contributed by atoms with Gasteiger partial charge in [-0.3, -0.25) is 4.79 Å². The molecule has 1 heterocycles. The number of hydrogen-bond donors (Lipinski definition) is 1. The van der Waals surface area contributed by atoms with Crippen molar-refractivity contribution in [1.82, 2.24) is 10.2 Å². The second-order valence-corrected chi connectivity index (χ2v) is 5.92. The van der Waals surface area contributed by atoms with Crippen LogP contribution in [0.1, 0.15) is 51.6 Å². The second kappa shape index (κ2) is 5.43. The lowest BCUT2D eigenvalue weighted by molar-refractivity contribution is 0.367. The Labute approximate surface area is 113 Å². The minimum absolute atomic E-state index is 0.0544. The first-order valence-corrected chi connectivity index (χ1v) is 7.26. The molecule has 3 unspecified atom stereocenters. The van der Waals surface area contributed by atoms with Gasteiger partial charge in [-0.15, -0.1) is 11.6 Å². The van der Waals surface area contributed by atoms with Crippen molar-refractivity contribution in [2.75, 3.05) is 0 Å². The number of nitrogens with one attached hydrogen (secondary N) is 1. The van der Waals surface area contributed by atoms with E-state index in [1.165, 1.54) is 0 Å². The van der Waals surface area contributed by atoms with Crippen molar-refractivity contribution in [2.45, 2.75) is 56.7 Å². The van der Waals surface area contributed by atoms with Gasteiger partial charge in [-0.05, 0) is 31.2 Å². The summed E-state index contributed by atoms with van der Waals surface area (Å²) in [5, 5.41) is 6.92. The van der Waals surface area contributed by atoms with Crippen LogP contribution in [-0.4, -0.2) is 15.6 Å². The lowest BCUT2D eigenvalue weighted by atomic mass is 9.77. The minimum atomic E-state index is -0.151. The monoisotopic (exact) mass is 268 g/mol. The molecule has 1 N–H and O–H groups in total. The fraction of sp³-hybridized carbons (Fsp3) is 0.714. The van der Waals surface area contributed by atoms with Gasteiger partial charge in [0.25, 0.3) is 5.56 Å². The molecule has 1 saturated carbocycles. The number of aromatic nitrogens is 2. The van der Waals surface area contributed by atoms with E-state index >= 15 is 0 Å². The highest BCUT2D eigenvalue weighted by molar-refractivity contribution is 6.21. The molecule has 1 aromatic rings. The van der Waals surface area contributed by atoms with Crippen LogP contribution < -0.4 is 5.56 Å². The topological polar surface area (TPSA) is 45.8 Å². The highest BCUT2D eigenvalue weighted by Gasteiger charge is 2.47. The smallest absolute Gasteiger partial charge is 0.264 e. The number of alkyl halides is 1. The van der Waals surface area contributed by atoms with Gasteiger partial charge in [0.15, 0.2) is 0 Å². The average molecular weight is 269 g/mol. The number of rotatable bonds is 4. The first kappa shape index (κ1) is 13.6. The van der Waals surface area contributed by atoms with Crippen LogP contribution in [0.5, 0.6) is 0 Å². The fourth-order valence-electron chi connectivity index (χ4n) is 3.28. The zero-order valence-corrected chi connectivity index (χ0v) is 11.8. The largest absolute Gasteiger partial charge is 0.268 e. The normalized spacial score (nSPS) is 31.7. The molecule has 0 amide bonds. The maximum atomic E-state index is 11.1. The molecule has 0 bridgehead atoms. The van der Waals surface area contributed by atoms with E-state index in [-0.39, 0.29) is 16.4 Å². The second-order valence-electron chi connectivity index (χ2n) is 5.39.